The fraction of sp³-hybridized carbons (Fsp3) is 0.400. The lowest BCUT2D eigenvalue weighted by atomic mass is 10.1. The summed E-state index contributed by atoms with van der Waals surface area (Å²) in [6.45, 7) is 5.02. The van der Waals surface area contributed by atoms with E-state index in [2.05, 4.69) is 15.3 Å². The van der Waals surface area contributed by atoms with Crippen molar-refractivity contribution in [2.24, 2.45) is 5.73 Å². The largest absolute Gasteiger partial charge is 0.480 e. The molecule has 0 spiro atoms. The van der Waals surface area contributed by atoms with Crippen molar-refractivity contribution in [3.05, 3.63) is 30.0 Å². The number of hydrogen-bond donors (Lipinski definition) is 3. The van der Waals surface area contributed by atoms with E-state index >= 15 is 0 Å². The fourth-order valence-electron chi connectivity index (χ4n) is 2.02. The van der Waals surface area contributed by atoms with Crippen LogP contribution in [0, 0.1) is 0 Å². The van der Waals surface area contributed by atoms with E-state index in [9.17, 15) is 19.5 Å². The van der Waals surface area contributed by atoms with Gasteiger partial charge < -0.3 is 25.3 Å². The molecule has 0 fully saturated rings. The van der Waals surface area contributed by atoms with Crippen LogP contribution < -0.4 is 11.1 Å². The number of nitrogens with zero attached hydrogens (tertiary/aromatic N) is 3. The monoisotopic (exact) mass is 349 g/mol. The standard InChI is InChI=1S/C15H19N5O5/c1-15(2,3)25-14(24)19-9(13(22)23)4-8-6-20-7-10(12(16)21)18-11(20)5-17-8/h5-7,9H,4H2,1-3H3,(H2,16,21)(H,19,24)(H,22,23). The van der Waals surface area contributed by atoms with Crippen LogP contribution in [0.2, 0.25) is 0 Å². The Morgan fingerprint density at radius 1 is 1.36 bits per heavy atom. The van der Waals surface area contributed by atoms with Gasteiger partial charge in [0.25, 0.3) is 5.91 Å². The van der Waals surface area contributed by atoms with Crippen LogP contribution in [0.1, 0.15) is 37.0 Å². The second-order valence-electron chi connectivity index (χ2n) is 6.38. The highest BCUT2D eigenvalue weighted by atomic mass is 16.6. The first-order chi connectivity index (χ1) is 11.5. The molecule has 2 heterocycles. The third kappa shape index (κ3) is 4.90. The molecule has 0 aliphatic carbocycles. The van der Waals surface area contributed by atoms with E-state index in [4.69, 9.17) is 10.5 Å². The van der Waals surface area contributed by atoms with Crippen molar-refractivity contribution in [1.29, 1.82) is 0 Å². The van der Waals surface area contributed by atoms with Gasteiger partial charge in [-0.15, -0.1) is 0 Å². The van der Waals surface area contributed by atoms with Crippen LogP contribution in [-0.2, 0) is 16.0 Å². The number of fused-ring (bicyclic) bond motifs is 1. The summed E-state index contributed by atoms with van der Waals surface area (Å²) in [7, 11) is 0. The number of carbonyl (C=O) groups excluding carboxylic acids is 2. The van der Waals surface area contributed by atoms with Crippen molar-refractivity contribution in [2.75, 3.05) is 0 Å². The summed E-state index contributed by atoms with van der Waals surface area (Å²) in [6.07, 6.45) is 3.41. The number of primary amides is 1. The van der Waals surface area contributed by atoms with Crippen molar-refractivity contribution < 1.29 is 24.2 Å². The van der Waals surface area contributed by atoms with Crippen molar-refractivity contribution >= 4 is 23.6 Å². The highest BCUT2D eigenvalue weighted by molar-refractivity contribution is 5.91. The van der Waals surface area contributed by atoms with E-state index in [0.717, 1.165) is 0 Å². The summed E-state index contributed by atoms with van der Waals surface area (Å²) in [5.74, 6) is -1.91. The van der Waals surface area contributed by atoms with E-state index in [1.807, 2.05) is 0 Å². The number of alkyl carbamates (subject to hydrolysis) is 1. The third-order valence-corrected chi connectivity index (χ3v) is 3.05. The number of carboxylic acid groups (broad SMARTS) is 1. The predicted octanol–water partition coefficient (Wildman–Crippen LogP) is 0.349. The van der Waals surface area contributed by atoms with Gasteiger partial charge in [-0.2, -0.15) is 0 Å². The van der Waals surface area contributed by atoms with Gasteiger partial charge in [0.15, 0.2) is 5.65 Å². The Kier molecular flexibility index (Phi) is 4.91. The van der Waals surface area contributed by atoms with Crippen LogP contribution in [0.4, 0.5) is 4.79 Å². The topological polar surface area (TPSA) is 149 Å². The van der Waals surface area contributed by atoms with Gasteiger partial charge in [-0.1, -0.05) is 0 Å². The first kappa shape index (κ1) is 18.2. The molecule has 2 aromatic rings. The molecule has 10 heteroatoms. The zero-order valence-electron chi connectivity index (χ0n) is 14.0. The molecule has 25 heavy (non-hydrogen) atoms. The third-order valence-electron chi connectivity index (χ3n) is 3.05. The zero-order valence-corrected chi connectivity index (χ0v) is 14.0. The Bertz CT molecular complexity index is 823. The van der Waals surface area contributed by atoms with E-state index < -0.39 is 29.6 Å². The highest BCUT2D eigenvalue weighted by Gasteiger charge is 2.25. The Balaban J connectivity index is 2.16. The smallest absolute Gasteiger partial charge is 0.408 e. The average Bonchev–Trinajstić information content (AvgIpc) is 2.87. The summed E-state index contributed by atoms with van der Waals surface area (Å²) >= 11 is 0. The molecule has 1 unspecified atom stereocenters. The molecule has 10 nitrogen and oxygen atoms in total. The summed E-state index contributed by atoms with van der Waals surface area (Å²) in [5, 5.41) is 11.6. The van der Waals surface area contributed by atoms with Gasteiger partial charge in [0, 0.05) is 18.8 Å². The molecule has 0 aromatic carbocycles. The quantitative estimate of drug-likeness (QED) is 0.705. The number of nitrogens with two attached hydrogens (primary N) is 1. The molecule has 4 N–H and O–H groups in total. The molecule has 0 aliphatic rings. The maximum absolute atomic E-state index is 11.8. The van der Waals surface area contributed by atoms with Gasteiger partial charge >= 0.3 is 12.1 Å². The Morgan fingerprint density at radius 2 is 2.04 bits per heavy atom. The van der Waals surface area contributed by atoms with Gasteiger partial charge in [-0.05, 0) is 20.8 Å². The molecule has 134 valence electrons. The van der Waals surface area contributed by atoms with Gasteiger partial charge in [-0.3, -0.25) is 9.78 Å². The van der Waals surface area contributed by atoms with Crippen LogP contribution in [0.3, 0.4) is 0 Å². The van der Waals surface area contributed by atoms with E-state index in [-0.39, 0.29) is 12.1 Å². The maximum Gasteiger partial charge on any atom is 0.408 e. The second-order valence-corrected chi connectivity index (χ2v) is 6.38. The molecule has 0 bridgehead atoms. The maximum atomic E-state index is 11.8. The van der Waals surface area contributed by atoms with Crippen molar-refractivity contribution in [3.8, 4) is 0 Å². The highest BCUT2D eigenvalue weighted by Crippen LogP contribution is 2.09. The molecule has 0 aliphatic heterocycles. The number of aromatic nitrogens is 3. The first-order valence-electron chi connectivity index (χ1n) is 7.41. The Labute approximate surface area is 143 Å². The lowest BCUT2D eigenvalue weighted by Crippen LogP contribution is -2.44. The number of imidazole rings is 1. The molecule has 1 atom stereocenters. The first-order valence-corrected chi connectivity index (χ1v) is 7.41. The number of nitrogens with one attached hydrogen (secondary N) is 1. The minimum Gasteiger partial charge on any atom is -0.480 e. The molecular formula is C15H19N5O5. The van der Waals surface area contributed by atoms with Gasteiger partial charge in [0.2, 0.25) is 0 Å². The van der Waals surface area contributed by atoms with Crippen molar-refractivity contribution in [1.82, 2.24) is 19.7 Å². The number of aliphatic carboxylic acids is 1. The van der Waals surface area contributed by atoms with Crippen LogP contribution in [0.25, 0.3) is 5.65 Å². The summed E-state index contributed by atoms with van der Waals surface area (Å²) in [4.78, 5) is 42.4. The summed E-state index contributed by atoms with van der Waals surface area (Å²) in [5.41, 5.74) is 5.27. The van der Waals surface area contributed by atoms with E-state index in [1.165, 1.54) is 23.0 Å². The predicted molar refractivity (Wildman–Crippen MR) is 86.0 cm³/mol. The summed E-state index contributed by atoms with van der Waals surface area (Å²) in [6, 6.07) is -1.22. The average molecular weight is 349 g/mol. The molecule has 2 rings (SSSR count). The number of carbonyl (C=O) groups is 3. The van der Waals surface area contributed by atoms with Gasteiger partial charge in [0.1, 0.15) is 17.3 Å². The Morgan fingerprint density at radius 3 is 2.60 bits per heavy atom. The Hall–Kier alpha value is -3.17. The fourth-order valence-corrected chi connectivity index (χ4v) is 2.02. The van der Waals surface area contributed by atoms with Crippen LogP contribution in [0.15, 0.2) is 18.6 Å². The minimum absolute atomic E-state index is 0.0700. The molecule has 0 saturated heterocycles. The van der Waals surface area contributed by atoms with Gasteiger partial charge in [-0.25, -0.2) is 14.6 Å². The lowest BCUT2D eigenvalue weighted by molar-refractivity contribution is -0.139. The van der Waals surface area contributed by atoms with Crippen LogP contribution >= 0.6 is 0 Å². The molecule has 2 amide bonds. The molecule has 0 radical (unpaired) electrons. The SMILES string of the molecule is CC(C)(C)OC(=O)NC(Cc1cn2cc(C(N)=O)nc2cn1)C(=O)O. The number of rotatable bonds is 5. The number of hydrogen-bond acceptors (Lipinski definition) is 6. The number of carboxylic acids is 1. The lowest BCUT2D eigenvalue weighted by Gasteiger charge is -2.21. The summed E-state index contributed by atoms with van der Waals surface area (Å²) < 4.78 is 6.56. The van der Waals surface area contributed by atoms with Crippen molar-refractivity contribution in [2.45, 2.75) is 38.8 Å². The minimum atomic E-state index is -1.23. The molecular weight excluding hydrogens is 330 g/mol. The normalized spacial score (nSPS) is 12.6. The molecule has 2 aromatic heterocycles. The van der Waals surface area contributed by atoms with Crippen LogP contribution in [0.5, 0.6) is 0 Å². The zero-order chi connectivity index (χ0) is 18.8. The van der Waals surface area contributed by atoms with Gasteiger partial charge in [0.05, 0.1) is 11.9 Å². The van der Waals surface area contributed by atoms with Crippen molar-refractivity contribution in [3.63, 3.8) is 0 Å². The molecule has 0 saturated carbocycles. The number of amides is 2. The second kappa shape index (κ2) is 6.75. The van der Waals surface area contributed by atoms with Crippen LogP contribution in [-0.4, -0.2) is 49.1 Å². The van der Waals surface area contributed by atoms with E-state index in [1.54, 1.807) is 20.8 Å². The number of ether oxygens (including phenoxy) is 1. The van der Waals surface area contributed by atoms with E-state index in [0.29, 0.717) is 11.3 Å².